The van der Waals surface area contributed by atoms with Crippen LogP contribution in [0.3, 0.4) is 0 Å². The Morgan fingerprint density at radius 3 is 1.93 bits per heavy atom. The highest BCUT2D eigenvalue weighted by atomic mass is 16.5. The molecule has 4 nitrogen and oxygen atoms in total. The molecular weight excluding hydrogens is 336 g/mol. The van der Waals surface area contributed by atoms with Gasteiger partial charge in [0, 0.05) is 0 Å². The van der Waals surface area contributed by atoms with Gasteiger partial charge in [-0.25, -0.2) is 0 Å². The zero-order valence-corrected chi connectivity index (χ0v) is 17.2. The van der Waals surface area contributed by atoms with E-state index in [9.17, 15) is 4.79 Å². The van der Waals surface area contributed by atoms with Gasteiger partial charge in [-0.1, -0.05) is 40.3 Å². The summed E-state index contributed by atoms with van der Waals surface area (Å²) in [5.74, 6) is 2.28. The van der Waals surface area contributed by atoms with Crippen molar-refractivity contribution in [2.24, 2.45) is 22.7 Å². The van der Waals surface area contributed by atoms with Crippen molar-refractivity contribution < 1.29 is 19.3 Å². The fourth-order valence-electron chi connectivity index (χ4n) is 6.11. The molecule has 0 radical (unpaired) electrons. The number of ether oxygens (including phenoxy) is 1. The van der Waals surface area contributed by atoms with E-state index in [0.717, 1.165) is 31.9 Å². The summed E-state index contributed by atoms with van der Waals surface area (Å²) in [7, 11) is 0. The summed E-state index contributed by atoms with van der Waals surface area (Å²) in [4.78, 5) is 16.8. The number of hydrogen-bond acceptors (Lipinski definition) is 2. The molecule has 0 spiro atoms. The highest BCUT2D eigenvalue weighted by molar-refractivity contribution is 5.92. The first kappa shape index (κ1) is 18.7. The van der Waals surface area contributed by atoms with Crippen molar-refractivity contribution >= 4 is 5.78 Å². The van der Waals surface area contributed by atoms with Crippen LogP contribution in [0.2, 0.25) is 0 Å². The van der Waals surface area contributed by atoms with Crippen molar-refractivity contribution in [3.05, 3.63) is 42.5 Å². The van der Waals surface area contributed by atoms with Gasteiger partial charge in [-0.05, 0) is 36.1 Å². The number of ketones is 1. The van der Waals surface area contributed by atoms with Crippen LogP contribution in [-0.4, -0.2) is 38.6 Å². The lowest BCUT2D eigenvalue weighted by Gasteiger charge is -2.62. The second-order valence-electron chi connectivity index (χ2n) is 9.58. The van der Waals surface area contributed by atoms with Crippen molar-refractivity contribution in [1.29, 1.82) is 0 Å². The van der Waals surface area contributed by atoms with Gasteiger partial charge in [-0.3, -0.25) is 14.6 Å². The van der Waals surface area contributed by atoms with Crippen LogP contribution < -0.4 is 14.5 Å². The van der Waals surface area contributed by atoms with Gasteiger partial charge in [0.05, 0.1) is 5.56 Å². The number of benzene rings is 1. The normalized spacial score (nSPS) is 37.3. The molecular formula is C23H34N2O2+2. The Balaban J connectivity index is 1.66. The minimum absolute atomic E-state index is 0.144. The second-order valence-corrected chi connectivity index (χ2v) is 9.58. The average molecular weight is 371 g/mol. The standard InChI is InChI=1S/C23H32N2O2/c1-6-11-27-19-9-7-18(8-10-19)20-24-12-22(16(2)3)13-25(20)15-23(14-24,17(4)5)21(22)26/h6-10,16-17,20H,1,11-15H2,2-5H3/p+2. The maximum atomic E-state index is 13.6. The summed E-state index contributed by atoms with van der Waals surface area (Å²) >= 11 is 0. The number of hydrogen-bond donors (Lipinski definition) is 2. The molecule has 4 saturated heterocycles. The highest BCUT2D eigenvalue weighted by Crippen LogP contribution is 2.45. The lowest BCUT2D eigenvalue weighted by atomic mass is 9.53. The molecule has 0 aromatic heterocycles. The predicted octanol–water partition coefficient (Wildman–Crippen LogP) is 0.915. The third kappa shape index (κ3) is 2.60. The van der Waals surface area contributed by atoms with E-state index in [4.69, 9.17) is 4.74 Å². The molecule has 4 fully saturated rings. The van der Waals surface area contributed by atoms with Crippen molar-refractivity contribution in [3.8, 4) is 5.75 Å². The average Bonchev–Trinajstić information content (AvgIpc) is 2.63. The number of Topliss-reactive ketones (excluding diaryl/α,β-unsaturated/α-hetero) is 1. The summed E-state index contributed by atoms with van der Waals surface area (Å²) in [6.07, 6.45) is 2.20. The van der Waals surface area contributed by atoms with Gasteiger partial charge in [0.25, 0.3) is 0 Å². The van der Waals surface area contributed by atoms with Crippen LogP contribution in [0.15, 0.2) is 36.9 Å². The monoisotopic (exact) mass is 370 g/mol. The van der Waals surface area contributed by atoms with Gasteiger partial charge in [-0.15, -0.1) is 0 Å². The molecule has 1 aromatic rings. The third-order valence-electron chi connectivity index (χ3n) is 7.68. The van der Waals surface area contributed by atoms with Crippen LogP contribution in [0.25, 0.3) is 0 Å². The Morgan fingerprint density at radius 2 is 1.52 bits per heavy atom. The molecule has 0 saturated carbocycles. The van der Waals surface area contributed by atoms with E-state index in [1.165, 1.54) is 5.56 Å². The van der Waals surface area contributed by atoms with Gasteiger partial charge in [-0.2, -0.15) is 0 Å². The van der Waals surface area contributed by atoms with E-state index in [-0.39, 0.29) is 10.8 Å². The van der Waals surface area contributed by atoms with E-state index in [1.54, 1.807) is 15.9 Å². The molecule has 146 valence electrons. The van der Waals surface area contributed by atoms with Crippen LogP contribution in [-0.2, 0) is 4.79 Å². The number of carbonyl (C=O) groups is 1. The molecule has 0 atom stereocenters. The molecule has 0 aliphatic carbocycles. The Hall–Kier alpha value is -1.65. The number of quaternary nitrogens is 2. The molecule has 4 aliphatic heterocycles. The van der Waals surface area contributed by atoms with E-state index < -0.39 is 0 Å². The zero-order chi connectivity index (χ0) is 19.4. The molecule has 0 amide bonds. The van der Waals surface area contributed by atoms with Crippen molar-refractivity contribution in [2.75, 3.05) is 32.8 Å². The maximum Gasteiger partial charge on any atom is 0.240 e. The third-order valence-corrected chi connectivity index (χ3v) is 7.68. The minimum atomic E-state index is -0.144. The lowest BCUT2D eigenvalue weighted by molar-refractivity contribution is -1.18. The number of piperidine rings is 2. The largest absolute Gasteiger partial charge is 0.490 e. The lowest BCUT2D eigenvalue weighted by Crippen LogP contribution is -3.41. The molecule has 5 rings (SSSR count). The molecule has 4 heteroatoms. The fourth-order valence-corrected chi connectivity index (χ4v) is 6.11. The number of nitrogens with one attached hydrogen (secondary N) is 2. The van der Waals surface area contributed by atoms with E-state index in [2.05, 4.69) is 58.5 Å². The highest BCUT2D eigenvalue weighted by Gasteiger charge is 2.72. The first-order valence-corrected chi connectivity index (χ1v) is 10.4. The molecule has 4 aliphatic rings. The summed E-state index contributed by atoms with van der Waals surface area (Å²) in [6.45, 7) is 17.2. The summed E-state index contributed by atoms with van der Waals surface area (Å²) in [6, 6.07) is 8.59. The molecule has 2 N–H and O–H groups in total. The van der Waals surface area contributed by atoms with Crippen LogP contribution in [0.1, 0.15) is 39.4 Å². The van der Waals surface area contributed by atoms with E-state index in [0.29, 0.717) is 30.4 Å². The van der Waals surface area contributed by atoms with Crippen molar-refractivity contribution in [2.45, 2.75) is 33.9 Å². The van der Waals surface area contributed by atoms with Crippen LogP contribution in [0.4, 0.5) is 0 Å². The van der Waals surface area contributed by atoms with Gasteiger partial charge in [0.1, 0.15) is 49.4 Å². The zero-order valence-electron chi connectivity index (χ0n) is 17.2. The molecule has 0 unspecified atom stereocenters. The smallest absolute Gasteiger partial charge is 0.240 e. The quantitative estimate of drug-likeness (QED) is 0.731. The number of carbonyl (C=O) groups excluding carboxylic acids is 1. The Morgan fingerprint density at radius 1 is 1.04 bits per heavy atom. The topological polar surface area (TPSA) is 35.2 Å². The second kappa shape index (κ2) is 6.46. The van der Waals surface area contributed by atoms with Gasteiger partial charge in [0.2, 0.25) is 6.17 Å². The summed E-state index contributed by atoms with van der Waals surface area (Å²) in [5.41, 5.74) is 1.08. The molecule has 1 aromatic carbocycles. The van der Waals surface area contributed by atoms with Gasteiger partial charge in [0.15, 0.2) is 5.78 Å². The van der Waals surface area contributed by atoms with Crippen molar-refractivity contribution in [1.82, 2.24) is 0 Å². The predicted molar refractivity (Wildman–Crippen MR) is 106 cm³/mol. The number of rotatable bonds is 6. The molecule has 27 heavy (non-hydrogen) atoms. The van der Waals surface area contributed by atoms with Gasteiger partial charge < -0.3 is 4.74 Å². The van der Waals surface area contributed by atoms with Crippen molar-refractivity contribution in [3.63, 3.8) is 0 Å². The van der Waals surface area contributed by atoms with Crippen LogP contribution >= 0.6 is 0 Å². The first-order valence-electron chi connectivity index (χ1n) is 10.4. The summed E-state index contributed by atoms with van der Waals surface area (Å²) < 4.78 is 5.65. The van der Waals surface area contributed by atoms with E-state index >= 15 is 0 Å². The van der Waals surface area contributed by atoms with Crippen LogP contribution in [0, 0.1) is 22.7 Å². The fraction of sp³-hybridized carbons (Fsp3) is 0.609. The Kier molecular flexibility index (Phi) is 4.47. The van der Waals surface area contributed by atoms with Crippen LogP contribution in [0.5, 0.6) is 5.75 Å². The molecule has 4 bridgehead atoms. The maximum absolute atomic E-state index is 13.6. The Bertz CT molecular complexity index is 691. The first-order chi connectivity index (χ1) is 12.8. The summed E-state index contributed by atoms with van der Waals surface area (Å²) in [5, 5.41) is 0. The van der Waals surface area contributed by atoms with E-state index in [1.807, 2.05) is 0 Å². The molecule has 4 heterocycles. The minimum Gasteiger partial charge on any atom is -0.490 e. The Labute approximate surface area is 163 Å². The van der Waals surface area contributed by atoms with Gasteiger partial charge >= 0.3 is 0 Å². The SMILES string of the molecule is C=CCOc1ccc(C2[NH+]3CC4(C(C)C)C[NH+]2CC(C(C)C)(C3)C4=O)cc1.